The van der Waals surface area contributed by atoms with Gasteiger partial charge >= 0.3 is 0 Å². The molecular weight excluding hydrogens is 521 g/mol. The molecule has 2 aliphatic heterocycles. The molecule has 40 heavy (non-hydrogen) atoms. The van der Waals surface area contributed by atoms with Crippen molar-refractivity contribution >= 4 is 29.3 Å². The highest BCUT2D eigenvalue weighted by Gasteiger charge is 2.39. The van der Waals surface area contributed by atoms with E-state index in [1.807, 2.05) is 31.2 Å². The van der Waals surface area contributed by atoms with Gasteiger partial charge in [0.1, 0.15) is 11.1 Å². The third kappa shape index (κ3) is 7.12. The van der Waals surface area contributed by atoms with Crippen LogP contribution in [-0.4, -0.2) is 48.1 Å². The lowest BCUT2D eigenvalue weighted by Gasteiger charge is -2.36. The van der Waals surface area contributed by atoms with Gasteiger partial charge < -0.3 is 15.1 Å². The van der Waals surface area contributed by atoms with E-state index >= 15 is 0 Å². The number of carbonyl (C=O) groups is 2. The minimum atomic E-state index is -0.515. The number of piperidine rings is 1. The number of rotatable bonds is 10. The molecule has 2 atom stereocenters. The van der Waals surface area contributed by atoms with Crippen molar-refractivity contribution in [1.82, 2.24) is 10.2 Å². The molecule has 0 aromatic heterocycles. The third-order valence-electron chi connectivity index (χ3n) is 8.07. The average Bonchev–Trinajstić information content (AvgIpc) is 2.98. The summed E-state index contributed by atoms with van der Waals surface area (Å²) in [4.78, 5) is 32.0. The van der Waals surface area contributed by atoms with Gasteiger partial charge in [0.15, 0.2) is 0 Å². The first-order valence-electron chi connectivity index (χ1n) is 14.3. The van der Waals surface area contributed by atoms with Gasteiger partial charge in [0.2, 0.25) is 11.8 Å². The van der Waals surface area contributed by atoms with Crippen LogP contribution in [0.2, 0.25) is 0 Å². The molecule has 1 N–H and O–H groups in total. The maximum atomic E-state index is 13.6. The Morgan fingerprint density at radius 1 is 0.975 bits per heavy atom. The van der Waals surface area contributed by atoms with Gasteiger partial charge in [0.25, 0.3) is 0 Å². The summed E-state index contributed by atoms with van der Waals surface area (Å²) in [6, 6.07) is 24.7. The van der Waals surface area contributed by atoms with Crippen LogP contribution in [0.1, 0.15) is 37.3 Å². The highest BCUT2D eigenvalue weighted by Crippen LogP contribution is 2.42. The highest BCUT2D eigenvalue weighted by atomic mass is 32.2. The minimum absolute atomic E-state index is 0.0888. The summed E-state index contributed by atoms with van der Waals surface area (Å²) < 4.78 is 13.4. The first kappa shape index (κ1) is 28.4. The quantitative estimate of drug-likeness (QED) is 0.313. The van der Waals surface area contributed by atoms with Gasteiger partial charge in [-0.15, -0.1) is 11.8 Å². The zero-order valence-corrected chi connectivity index (χ0v) is 23.9. The summed E-state index contributed by atoms with van der Waals surface area (Å²) >= 11 is 1.46. The molecule has 0 radical (unpaired) electrons. The summed E-state index contributed by atoms with van der Waals surface area (Å²) in [5.41, 5.74) is 3.10. The molecular formula is C33H38FN3O2S. The third-order valence-corrected chi connectivity index (χ3v) is 9.53. The molecule has 0 saturated carbocycles. The number of hydrogen-bond acceptors (Lipinski definition) is 4. The van der Waals surface area contributed by atoms with Crippen LogP contribution in [0.15, 0.2) is 83.8 Å². The second-order valence-corrected chi connectivity index (χ2v) is 12.1. The Hall–Kier alpha value is -3.16. The molecule has 1 fully saturated rings. The van der Waals surface area contributed by atoms with E-state index < -0.39 is 11.2 Å². The van der Waals surface area contributed by atoms with Crippen molar-refractivity contribution in [1.29, 1.82) is 0 Å². The lowest BCUT2D eigenvalue weighted by Crippen LogP contribution is -2.47. The Morgan fingerprint density at radius 3 is 2.42 bits per heavy atom. The lowest BCUT2D eigenvalue weighted by atomic mass is 9.90. The average molecular weight is 560 g/mol. The summed E-state index contributed by atoms with van der Waals surface area (Å²) in [7, 11) is 0. The SMILES string of the molecule is CC(C(=O)NCCCN1CCC(Cc2ccccc2)CC1)C1Sc2ccccc2N(Cc2ccc(F)cc2)C1=O. The minimum Gasteiger partial charge on any atom is -0.356 e. The van der Waals surface area contributed by atoms with Crippen LogP contribution >= 0.6 is 11.8 Å². The van der Waals surface area contributed by atoms with Crippen LogP contribution < -0.4 is 10.2 Å². The Bertz CT molecular complexity index is 1280. The number of amides is 2. The molecule has 2 heterocycles. The van der Waals surface area contributed by atoms with Gasteiger partial charge in [0.05, 0.1) is 18.2 Å². The van der Waals surface area contributed by atoms with Crippen molar-refractivity contribution in [2.45, 2.75) is 49.3 Å². The van der Waals surface area contributed by atoms with Crippen molar-refractivity contribution < 1.29 is 14.0 Å². The molecule has 2 unspecified atom stereocenters. The number of carbonyl (C=O) groups excluding carboxylic acids is 2. The molecule has 7 heteroatoms. The van der Waals surface area contributed by atoms with Gasteiger partial charge in [-0.3, -0.25) is 9.59 Å². The molecule has 210 valence electrons. The molecule has 5 rings (SSSR count). The summed E-state index contributed by atoms with van der Waals surface area (Å²) in [5.74, 6) is -0.212. The van der Waals surface area contributed by atoms with E-state index in [0.29, 0.717) is 13.1 Å². The van der Waals surface area contributed by atoms with Gasteiger partial charge in [0, 0.05) is 11.4 Å². The smallest absolute Gasteiger partial charge is 0.241 e. The fourth-order valence-corrected chi connectivity index (χ4v) is 6.95. The number of nitrogens with one attached hydrogen (secondary N) is 1. The monoisotopic (exact) mass is 559 g/mol. The molecule has 2 amide bonds. The molecule has 1 saturated heterocycles. The first-order valence-corrected chi connectivity index (χ1v) is 15.2. The fourth-order valence-electron chi connectivity index (χ4n) is 5.67. The molecule has 0 aliphatic carbocycles. The standard InChI is InChI=1S/C33H38FN3O2S/c1-24(32(38)35-18-7-19-36-20-16-26(17-21-36)22-25-8-3-2-4-9-25)31-33(39)37(23-27-12-14-28(34)15-13-27)29-10-5-6-11-30(29)40-31/h2-6,8-15,24,26,31H,7,16-23H2,1H3,(H,35,38). The number of likely N-dealkylation sites (tertiary alicyclic amines) is 1. The second kappa shape index (κ2) is 13.5. The summed E-state index contributed by atoms with van der Waals surface area (Å²) in [5, 5.41) is 2.57. The van der Waals surface area contributed by atoms with E-state index in [-0.39, 0.29) is 17.6 Å². The Kier molecular flexibility index (Phi) is 9.55. The lowest BCUT2D eigenvalue weighted by molar-refractivity contribution is -0.128. The predicted octanol–water partition coefficient (Wildman–Crippen LogP) is 5.93. The normalized spacial score (nSPS) is 18.8. The molecule has 0 spiro atoms. The van der Waals surface area contributed by atoms with Gasteiger partial charge in [-0.1, -0.05) is 61.5 Å². The Balaban J connectivity index is 1.09. The second-order valence-electron chi connectivity index (χ2n) is 11.0. The van der Waals surface area contributed by atoms with Crippen LogP contribution in [0.5, 0.6) is 0 Å². The number of nitrogens with zero attached hydrogens (tertiary/aromatic N) is 2. The molecule has 2 aliphatic rings. The number of fused-ring (bicyclic) bond motifs is 1. The number of anilines is 1. The molecule has 5 nitrogen and oxygen atoms in total. The van der Waals surface area contributed by atoms with Crippen molar-refractivity contribution in [3.05, 3.63) is 95.8 Å². The molecule has 3 aromatic carbocycles. The highest BCUT2D eigenvalue weighted by molar-refractivity contribution is 8.01. The van der Waals surface area contributed by atoms with Gasteiger partial charge in [-0.25, -0.2) is 4.39 Å². The number of para-hydroxylation sites is 1. The van der Waals surface area contributed by atoms with E-state index in [1.54, 1.807) is 17.0 Å². The topological polar surface area (TPSA) is 52.7 Å². The van der Waals surface area contributed by atoms with E-state index in [9.17, 15) is 14.0 Å². The van der Waals surface area contributed by atoms with E-state index in [4.69, 9.17) is 0 Å². The van der Waals surface area contributed by atoms with Crippen LogP contribution in [0.3, 0.4) is 0 Å². The number of benzene rings is 3. The van der Waals surface area contributed by atoms with E-state index in [0.717, 1.165) is 54.5 Å². The van der Waals surface area contributed by atoms with Crippen LogP contribution in [0.4, 0.5) is 10.1 Å². The van der Waals surface area contributed by atoms with Crippen molar-refractivity contribution in [3.63, 3.8) is 0 Å². The zero-order chi connectivity index (χ0) is 27.9. The van der Waals surface area contributed by atoms with Crippen LogP contribution in [-0.2, 0) is 22.6 Å². The van der Waals surface area contributed by atoms with Gasteiger partial charge in [-0.2, -0.15) is 0 Å². The fraction of sp³-hybridized carbons (Fsp3) is 0.394. The Morgan fingerprint density at radius 2 is 1.68 bits per heavy atom. The predicted molar refractivity (Wildman–Crippen MR) is 160 cm³/mol. The number of halogens is 1. The van der Waals surface area contributed by atoms with Gasteiger partial charge in [-0.05, 0) is 86.6 Å². The van der Waals surface area contributed by atoms with Crippen LogP contribution in [0.25, 0.3) is 0 Å². The largest absolute Gasteiger partial charge is 0.356 e. The van der Waals surface area contributed by atoms with E-state index in [1.165, 1.54) is 42.3 Å². The van der Waals surface area contributed by atoms with Crippen molar-refractivity contribution in [2.24, 2.45) is 11.8 Å². The van der Waals surface area contributed by atoms with Crippen molar-refractivity contribution in [3.8, 4) is 0 Å². The first-order chi connectivity index (χ1) is 19.5. The van der Waals surface area contributed by atoms with E-state index in [2.05, 4.69) is 40.5 Å². The van der Waals surface area contributed by atoms with Crippen LogP contribution in [0, 0.1) is 17.7 Å². The summed E-state index contributed by atoms with van der Waals surface area (Å²) in [6.07, 6.45) is 4.49. The number of hydrogen-bond donors (Lipinski definition) is 1. The summed E-state index contributed by atoms with van der Waals surface area (Å²) in [6.45, 7) is 5.98. The molecule has 0 bridgehead atoms. The number of thioether (sulfide) groups is 1. The maximum Gasteiger partial charge on any atom is 0.241 e. The zero-order valence-electron chi connectivity index (χ0n) is 23.1. The Labute approximate surface area is 241 Å². The maximum absolute atomic E-state index is 13.6. The van der Waals surface area contributed by atoms with Crippen molar-refractivity contribution in [2.75, 3.05) is 31.1 Å². The molecule has 3 aromatic rings.